The zero-order valence-corrected chi connectivity index (χ0v) is 20.5. The number of methoxy groups -OCH3 is 1. The molecule has 6 heteroatoms. The van der Waals surface area contributed by atoms with E-state index in [1.165, 1.54) is 26.8 Å². The van der Waals surface area contributed by atoms with E-state index >= 15 is 0 Å². The maximum absolute atomic E-state index is 5.72. The minimum Gasteiger partial charge on any atom is -0.497 e. The van der Waals surface area contributed by atoms with Gasteiger partial charge in [-0.15, -0.1) is 0 Å². The standard InChI is InChI=1S/C28H32N3O2S/c1-32-25-13-11-24(12-14-25)23-9-7-22(8-10-23)21-31(17-19-33-20-18-31)16-4-15-29-28-26-5-2-3-6-27(26)34-30-28/h2-3,5-14H,4,15-21H2,1H3,(H,29,30)/q+1. The predicted molar refractivity (Wildman–Crippen MR) is 141 cm³/mol. The summed E-state index contributed by atoms with van der Waals surface area (Å²) in [6.45, 7) is 6.94. The number of morpholine rings is 1. The van der Waals surface area contributed by atoms with Gasteiger partial charge >= 0.3 is 0 Å². The van der Waals surface area contributed by atoms with Crippen molar-refractivity contribution in [2.45, 2.75) is 13.0 Å². The van der Waals surface area contributed by atoms with Crippen molar-refractivity contribution in [2.75, 3.05) is 51.8 Å². The number of hydrogen-bond acceptors (Lipinski definition) is 5. The van der Waals surface area contributed by atoms with Gasteiger partial charge in [-0.3, -0.25) is 0 Å². The minimum atomic E-state index is 0.841. The van der Waals surface area contributed by atoms with Crippen LogP contribution in [-0.4, -0.2) is 55.4 Å². The lowest BCUT2D eigenvalue weighted by Gasteiger charge is -2.41. The number of benzene rings is 3. The van der Waals surface area contributed by atoms with Crippen LogP contribution in [0.5, 0.6) is 5.75 Å². The number of fused-ring (bicyclic) bond motifs is 1. The molecule has 5 rings (SSSR count). The molecule has 5 nitrogen and oxygen atoms in total. The van der Waals surface area contributed by atoms with Crippen molar-refractivity contribution in [3.8, 4) is 16.9 Å². The first-order valence-electron chi connectivity index (χ1n) is 12.0. The van der Waals surface area contributed by atoms with Crippen molar-refractivity contribution >= 4 is 27.4 Å². The Bertz CT molecular complexity index is 1200. The molecule has 0 unspecified atom stereocenters. The number of nitrogens with zero attached hydrogens (tertiary/aromatic N) is 2. The number of quaternary nitrogens is 1. The maximum atomic E-state index is 5.72. The van der Waals surface area contributed by atoms with E-state index in [4.69, 9.17) is 9.47 Å². The topological polar surface area (TPSA) is 43.4 Å². The molecule has 3 aromatic carbocycles. The van der Waals surface area contributed by atoms with Crippen molar-refractivity contribution in [1.29, 1.82) is 0 Å². The summed E-state index contributed by atoms with van der Waals surface area (Å²) in [7, 11) is 1.70. The van der Waals surface area contributed by atoms with Crippen molar-refractivity contribution in [3.63, 3.8) is 0 Å². The van der Waals surface area contributed by atoms with Gasteiger partial charge < -0.3 is 19.3 Å². The highest BCUT2D eigenvalue weighted by molar-refractivity contribution is 7.13. The van der Waals surface area contributed by atoms with Crippen LogP contribution in [0, 0.1) is 0 Å². The molecule has 0 amide bonds. The molecule has 1 aromatic heterocycles. The molecule has 1 aliphatic rings. The molecule has 0 spiro atoms. The molecular formula is C28H32N3O2S+. The van der Waals surface area contributed by atoms with E-state index in [0.717, 1.165) is 68.4 Å². The Labute approximate surface area is 205 Å². The Balaban J connectivity index is 1.21. The van der Waals surface area contributed by atoms with Crippen molar-refractivity contribution in [2.24, 2.45) is 0 Å². The van der Waals surface area contributed by atoms with Gasteiger partial charge in [0.2, 0.25) is 0 Å². The van der Waals surface area contributed by atoms with Crippen LogP contribution >= 0.6 is 11.5 Å². The van der Waals surface area contributed by atoms with E-state index in [2.05, 4.69) is 70.4 Å². The van der Waals surface area contributed by atoms with Crippen molar-refractivity contribution in [1.82, 2.24) is 4.37 Å². The molecule has 1 aliphatic heterocycles. The fourth-order valence-electron chi connectivity index (χ4n) is 4.80. The summed E-state index contributed by atoms with van der Waals surface area (Å²) in [6.07, 6.45) is 1.11. The molecule has 0 atom stereocenters. The van der Waals surface area contributed by atoms with Crippen LogP contribution < -0.4 is 10.1 Å². The Morgan fingerprint density at radius 2 is 1.65 bits per heavy atom. The SMILES string of the molecule is COc1ccc(-c2ccc(C[N+]3(CCCNc4nsc5ccccc45)CCOCC3)cc2)cc1. The third-order valence-corrected chi connectivity index (χ3v) is 7.62. The molecule has 176 valence electrons. The lowest BCUT2D eigenvalue weighted by Crippen LogP contribution is -2.55. The first-order chi connectivity index (χ1) is 16.7. The van der Waals surface area contributed by atoms with Gasteiger partial charge in [0.15, 0.2) is 0 Å². The monoisotopic (exact) mass is 474 g/mol. The van der Waals surface area contributed by atoms with Crippen LogP contribution in [0.2, 0.25) is 0 Å². The minimum absolute atomic E-state index is 0.841. The van der Waals surface area contributed by atoms with Gasteiger partial charge in [0.25, 0.3) is 0 Å². The molecule has 1 saturated heterocycles. The molecule has 0 aliphatic carbocycles. The first-order valence-corrected chi connectivity index (χ1v) is 12.8. The van der Waals surface area contributed by atoms with Crippen molar-refractivity contribution < 1.29 is 14.0 Å². The highest BCUT2D eigenvalue weighted by atomic mass is 32.1. The Morgan fingerprint density at radius 1 is 0.941 bits per heavy atom. The lowest BCUT2D eigenvalue weighted by molar-refractivity contribution is -0.947. The Morgan fingerprint density at radius 3 is 2.38 bits per heavy atom. The fourth-order valence-corrected chi connectivity index (χ4v) is 5.55. The average Bonchev–Trinajstić information content (AvgIpc) is 3.31. The van der Waals surface area contributed by atoms with Gasteiger partial charge in [0.05, 0.1) is 31.6 Å². The number of anilines is 1. The van der Waals surface area contributed by atoms with Crippen LogP contribution in [0.15, 0.2) is 72.8 Å². The predicted octanol–water partition coefficient (Wildman–Crippen LogP) is 5.82. The summed E-state index contributed by atoms with van der Waals surface area (Å²) in [6, 6.07) is 25.7. The zero-order valence-electron chi connectivity index (χ0n) is 19.7. The summed E-state index contributed by atoms with van der Waals surface area (Å²) >= 11 is 1.56. The average molecular weight is 475 g/mol. The van der Waals surface area contributed by atoms with Crippen LogP contribution in [0.3, 0.4) is 0 Å². The third kappa shape index (κ3) is 5.25. The van der Waals surface area contributed by atoms with Crippen LogP contribution in [0.1, 0.15) is 12.0 Å². The second-order valence-corrected chi connectivity index (χ2v) is 9.82. The number of ether oxygens (including phenoxy) is 2. The molecule has 0 bridgehead atoms. The van der Waals surface area contributed by atoms with E-state index in [1.807, 2.05) is 12.1 Å². The highest BCUT2D eigenvalue weighted by Crippen LogP contribution is 2.27. The molecule has 0 saturated carbocycles. The zero-order chi connectivity index (χ0) is 23.2. The third-order valence-electron chi connectivity index (χ3n) is 6.79. The Kier molecular flexibility index (Phi) is 7.09. The van der Waals surface area contributed by atoms with Gasteiger partial charge in [0, 0.05) is 23.9 Å². The smallest absolute Gasteiger partial charge is 0.147 e. The maximum Gasteiger partial charge on any atom is 0.147 e. The van der Waals surface area contributed by atoms with Crippen LogP contribution in [0.25, 0.3) is 21.2 Å². The second-order valence-electron chi connectivity index (χ2n) is 9.02. The number of nitrogens with one attached hydrogen (secondary N) is 1. The highest BCUT2D eigenvalue weighted by Gasteiger charge is 2.30. The van der Waals surface area contributed by atoms with Gasteiger partial charge in [-0.2, -0.15) is 4.37 Å². The van der Waals surface area contributed by atoms with Crippen molar-refractivity contribution in [3.05, 3.63) is 78.4 Å². The quantitative estimate of drug-likeness (QED) is 0.245. The van der Waals surface area contributed by atoms with Gasteiger partial charge in [-0.05, 0) is 46.9 Å². The summed E-state index contributed by atoms with van der Waals surface area (Å²) in [5, 5.41) is 4.79. The van der Waals surface area contributed by atoms with E-state index in [9.17, 15) is 0 Å². The number of aromatic nitrogens is 1. The summed E-state index contributed by atoms with van der Waals surface area (Å²) in [5.74, 6) is 1.90. The van der Waals surface area contributed by atoms with Crippen LogP contribution in [0.4, 0.5) is 5.82 Å². The molecule has 1 N–H and O–H groups in total. The molecule has 4 aromatic rings. The first kappa shape index (κ1) is 22.8. The molecular weight excluding hydrogens is 442 g/mol. The van der Waals surface area contributed by atoms with E-state index < -0.39 is 0 Å². The summed E-state index contributed by atoms with van der Waals surface area (Å²) in [5.41, 5.74) is 3.83. The summed E-state index contributed by atoms with van der Waals surface area (Å²) in [4.78, 5) is 0. The fraction of sp³-hybridized carbons (Fsp3) is 0.321. The normalized spacial score (nSPS) is 15.3. The Hall–Kier alpha value is -2.93. The number of rotatable bonds is 9. The van der Waals surface area contributed by atoms with E-state index in [0.29, 0.717) is 0 Å². The number of hydrogen-bond donors (Lipinski definition) is 1. The molecule has 0 radical (unpaired) electrons. The van der Waals surface area contributed by atoms with E-state index in [-0.39, 0.29) is 0 Å². The lowest BCUT2D eigenvalue weighted by atomic mass is 10.0. The van der Waals surface area contributed by atoms with Gasteiger partial charge in [-0.25, -0.2) is 0 Å². The van der Waals surface area contributed by atoms with Crippen LogP contribution in [-0.2, 0) is 11.3 Å². The largest absolute Gasteiger partial charge is 0.497 e. The van der Waals surface area contributed by atoms with E-state index in [1.54, 1.807) is 18.6 Å². The molecule has 2 heterocycles. The summed E-state index contributed by atoms with van der Waals surface area (Å²) < 4.78 is 17.9. The molecule has 34 heavy (non-hydrogen) atoms. The molecule has 1 fully saturated rings. The second kappa shape index (κ2) is 10.6. The van der Waals surface area contributed by atoms with Gasteiger partial charge in [-0.1, -0.05) is 48.5 Å². The van der Waals surface area contributed by atoms with Gasteiger partial charge in [0.1, 0.15) is 31.2 Å².